The Kier molecular flexibility index (Phi) is 5.83. The minimum atomic E-state index is 0.619. The van der Waals surface area contributed by atoms with Crippen molar-refractivity contribution in [3.63, 3.8) is 0 Å². The largest absolute Gasteiger partial charge is 0.326 e. The third kappa shape index (κ3) is 4.60. The number of allylic oxidation sites excluding steroid dienone is 1. The molecule has 88 valence electrons. The van der Waals surface area contributed by atoms with Gasteiger partial charge >= 0.3 is 0 Å². The Balaban J connectivity index is 2.42. The van der Waals surface area contributed by atoms with E-state index in [1.807, 2.05) is 6.08 Å². The van der Waals surface area contributed by atoms with Gasteiger partial charge in [0.25, 0.3) is 0 Å². The Morgan fingerprint density at radius 3 is 2.81 bits per heavy atom. The van der Waals surface area contributed by atoms with Crippen molar-refractivity contribution < 1.29 is 0 Å². The maximum atomic E-state index is 5.62. The molecule has 0 amide bonds. The first-order valence-electron chi connectivity index (χ1n) is 5.83. The Labute approximate surface area is 98.8 Å². The number of benzene rings is 1. The van der Waals surface area contributed by atoms with Crippen LogP contribution in [0.3, 0.4) is 0 Å². The van der Waals surface area contributed by atoms with Gasteiger partial charge in [0.15, 0.2) is 0 Å². The standard InChI is InChI=1S/C14H22N2/c1-3-4-5-9-16(2)12-14-8-6-7-13(10-14)11-15/h3,6-8,10H,1,4-5,9,11-12,15H2,2H3. The van der Waals surface area contributed by atoms with Crippen molar-refractivity contribution in [3.8, 4) is 0 Å². The molecule has 2 nitrogen and oxygen atoms in total. The highest BCUT2D eigenvalue weighted by Crippen LogP contribution is 2.07. The lowest BCUT2D eigenvalue weighted by molar-refractivity contribution is 0.323. The van der Waals surface area contributed by atoms with E-state index in [0.717, 1.165) is 19.5 Å². The van der Waals surface area contributed by atoms with Gasteiger partial charge in [0, 0.05) is 13.1 Å². The Bertz CT molecular complexity index is 320. The van der Waals surface area contributed by atoms with Crippen LogP contribution in [0.2, 0.25) is 0 Å². The minimum absolute atomic E-state index is 0.619. The third-order valence-electron chi connectivity index (χ3n) is 2.63. The van der Waals surface area contributed by atoms with Crippen LogP contribution >= 0.6 is 0 Å². The van der Waals surface area contributed by atoms with Gasteiger partial charge in [0.05, 0.1) is 0 Å². The fourth-order valence-corrected chi connectivity index (χ4v) is 1.75. The van der Waals surface area contributed by atoms with E-state index in [-0.39, 0.29) is 0 Å². The maximum absolute atomic E-state index is 5.62. The van der Waals surface area contributed by atoms with E-state index < -0.39 is 0 Å². The van der Waals surface area contributed by atoms with Gasteiger partial charge in [0.1, 0.15) is 0 Å². The summed E-state index contributed by atoms with van der Waals surface area (Å²) in [5.41, 5.74) is 8.17. The average molecular weight is 218 g/mol. The van der Waals surface area contributed by atoms with Crippen LogP contribution in [0.15, 0.2) is 36.9 Å². The molecule has 0 aliphatic rings. The van der Waals surface area contributed by atoms with Crippen molar-refractivity contribution in [1.82, 2.24) is 4.90 Å². The molecule has 0 aliphatic carbocycles. The highest BCUT2D eigenvalue weighted by molar-refractivity contribution is 5.23. The fraction of sp³-hybridized carbons (Fsp3) is 0.429. The lowest BCUT2D eigenvalue weighted by atomic mass is 10.1. The van der Waals surface area contributed by atoms with E-state index in [9.17, 15) is 0 Å². The molecule has 0 radical (unpaired) electrons. The summed E-state index contributed by atoms with van der Waals surface area (Å²) in [6.07, 6.45) is 4.24. The zero-order valence-electron chi connectivity index (χ0n) is 10.2. The molecule has 0 spiro atoms. The van der Waals surface area contributed by atoms with Crippen LogP contribution in [0.5, 0.6) is 0 Å². The lowest BCUT2D eigenvalue weighted by Gasteiger charge is -2.16. The molecule has 1 aromatic rings. The van der Waals surface area contributed by atoms with E-state index in [4.69, 9.17) is 5.73 Å². The number of hydrogen-bond acceptors (Lipinski definition) is 2. The zero-order chi connectivity index (χ0) is 11.8. The van der Waals surface area contributed by atoms with Crippen molar-refractivity contribution >= 4 is 0 Å². The molecule has 0 atom stereocenters. The number of nitrogens with two attached hydrogens (primary N) is 1. The van der Waals surface area contributed by atoms with Crippen molar-refractivity contribution in [2.24, 2.45) is 5.73 Å². The smallest absolute Gasteiger partial charge is 0.0230 e. The topological polar surface area (TPSA) is 29.3 Å². The number of rotatable bonds is 7. The SMILES string of the molecule is C=CCCCN(C)Cc1cccc(CN)c1. The van der Waals surface area contributed by atoms with Crippen LogP contribution in [-0.2, 0) is 13.1 Å². The van der Waals surface area contributed by atoms with Crippen molar-refractivity contribution in [3.05, 3.63) is 48.0 Å². The average Bonchev–Trinajstić information content (AvgIpc) is 2.29. The fourth-order valence-electron chi connectivity index (χ4n) is 1.75. The summed E-state index contributed by atoms with van der Waals surface area (Å²) in [4.78, 5) is 2.33. The zero-order valence-corrected chi connectivity index (χ0v) is 10.2. The maximum Gasteiger partial charge on any atom is 0.0230 e. The molecule has 0 saturated heterocycles. The molecule has 16 heavy (non-hydrogen) atoms. The second-order valence-corrected chi connectivity index (χ2v) is 4.19. The molecular weight excluding hydrogens is 196 g/mol. The van der Waals surface area contributed by atoms with Crippen LogP contribution in [0.1, 0.15) is 24.0 Å². The second kappa shape index (κ2) is 7.20. The summed E-state index contributed by atoms with van der Waals surface area (Å²) in [5, 5.41) is 0. The highest BCUT2D eigenvalue weighted by atomic mass is 15.1. The van der Waals surface area contributed by atoms with E-state index in [1.165, 1.54) is 17.5 Å². The molecule has 2 heteroatoms. The van der Waals surface area contributed by atoms with Gasteiger partial charge in [-0.15, -0.1) is 6.58 Å². The molecule has 0 unspecified atom stereocenters. The van der Waals surface area contributed by atoms with Gasteiger partial charge in [0.2, 0.25) is 0 Å². The van der Waals surface area contributed by atoms with Gasteiger partial charge in [-0.2, -0.15) is 0 Å². The quantitative estimate of drug-likeness (QED) is 0.563. The number of nitrogens with zero attached hydrogens (tertiary/aromatic N) is 1. The highest BCUT2D eigenvalue weighted by Gasteiger charge is 2.00. The normalized spacial score (nSPS) is 10.7. The summed E-state index contributed by atoms with van der Waals surface area (Å²) >= 11 is 0. The summed E-state index contributed by atoms with van der Waals surface area (Å²) in [6.45, 7) is 6.45. The predicted molar refractivity (Wildman–Crippen MR) is 70.1 cm³/mol. The predicted octanol–water partition coefficient (Wildman–Crippen LogP) is 2.54. The van der Waals surface area contributed by atoms with E-state index in [1.54, 1.807) is 0 Å². The summed E-state index contributed by atoms with van der Waals surface area (Å²) in [6, 6.07) is 8.49. The molecule has 0 heterocycles. The summed E-state index contributed by atoms with van der Waals surface area (Å²) in [7, 11) is 2.15. The number of hydrogen-bond donors (Lipinski definition) is 1. The first kappa shape index (κ1) is 12.9. The molecule has 2 N–H and O–H groups in total. The first-order valence-corrected chi connectivity index (χ1v) is 5.83. The Morgan fingerprint density at radius 1 is 1.38 bits per heavy atom. The van der Waals surface area contributed by atoms with E-state index in [0.29, 0.717) is 6.54 Å². The van der Waals surface area contributed by atoms with Gasteiger partial charge in [-0.25, -0.2) is 0 Å². The molecular formula is C14H22N2. The molecule has 0 saturated carbocycles. The second-order valence-electron chi connectivity index (χ2n) is 4.19. The van der Waals surface area contributed by atoms with Crippen LogP contribution < -0.4 is 5.73 Å². The summed E-state index contributed by atoms with van der Waals surface area (Å²) in [5.74, 6) is 0. The molecule has 0 fully saturated rings. The van der Waals surface area contributed by atoms with Gasteiger partial charge in [-0.3, -0.25) is 0 Å². The molecule has 1 rings (SSSR count). The van der Waals surface area contributed by atoms with Gasteiger partial charge in [-0.1, -0.05) is 30.3 Å². The Hall–Kier alpha value is -1.12. The lowest BCUT2D eigenvalue weighted by Crippen LogP contribution is -2.19. The van der Waals surface area contributed by atoms with Crippen molar-refractivity contribution in [2.45, 2.75) is 25.9 Å². The van der Waals surface area contributed by atoms with Crippen LogP contribution in [0.4, 0.5) is 0 Å². The molecule has 0 aliphatic heterocycles. The monoisotopic (exact) mass is 218 g/mol. The molecule has 0 aromatic heterocycles. The third-order valence-corrected chi connectivity index (χ3v) is 2.63. The summed E-state index contributed by atoms with van der Waals surface area (Å²) < 4.78 is 0. The Morgan fingerprint density at radius 2 is 2.12 bits per heavy atom. The van der Waals surface area contributed by atoms with Crippen LogP contribution in [0, 0.1) is 0 Å². The van der Waals surface area contributed by atoms with E-state index >= 15 is 0 Å². The first-order chi connectivity index (χ1) is 7.76. The van der Waals surface area contributed by atoms with Gasteiger partial charge in [-0.05, 0) is 37.6 Å². The van der Waals surface area contributed by atoms with E-state index in [2.05, 4.69) is 42.8 Å². The number of unbranched alkanes of at least 4 members (excludes halogenated alkanes) is 1. The van der Waals surface area contributed by atoms with Crippen molar-refractivity contribution in [1.29, 1.82) is 0 Å². The molecule has 1 aromatic carbocycles. The molecule has 0 bridgehead atoms. The van der Waals surface area contributed by atoms with Crippen LogP contribution in [0.25, 0.3) is 0 Å². The van der Waals surface area contributed by atoms with Crippen molar-refractivity contribution in [2.75, 3.05) is 13.6 Å². The van der Waals surface area contributed by atoms with Gasteiger partial charge < -0.3 is 10.6 Å². The van der Waals surface area contributed by atoms with Crippen LogP contribution in [-0.4, -0.2) is 18.5 Å². The minimum Gasteiger partial charge on any atom is -0.326 e.